The maximum absolute atomic E-state index is 12.6. The number of anilines is 2. The average Bonchev–Trinajstić information content (AvgIpc) is 3.02. The maximum Gasteiger partial charge on any atom is 0.330 e. The second-order valence-electron chi connectivity index (χ2n) is 7.97. The second-order valence-corrected chi connectivity index (χ2v) is 7.97. The van der Waals surface area contributed by atoms with E-state index in [1.54, 1.807) is 0 Å². The van der Waals surface area contributed by atoms with Gasteiger partial charge in [0.05, 0.1) is 6.54 Å². The third-order valence-electron chi connectivity index (χ3n) is 4.28. The van der Waals surface area contributed by atoms with Crippen molar-refractivity contribution in [3.05, 3.63) is 32.6 Å². The molecule has 0 aliphatic rings. The van der Waals surface area contributed by atoms with Gasteiger partial charge in [0.1, 0.15) is 11.5 Å². The second kappa shape index (κ2) is 9.57. The molecule has 0 aromatic carbocycles. The van der Waals surface area contributed by atoms with Gasteiger partial charge in [-0.2, -0.15) is 4.98 Å². The van der Waals surface area contributed by atoms with E-state index in [-0.39, 0.29) is 24.0 Å². The van der Waals surface area contributed by atoms with Crippen molar-refractivity contribution in [1.82, 2.24) is 19.7 Å². The van der Waals surface area contributed by atoms with Crippen LogP contribution in [0, 0.1) is 11.8 Å². The molecule has 0 unspecified atom stereocenters. The Hall–Kier alpha value is -2.58. The predicted molar refractivity (Wildman–Crippen MR) is 109 cm³/mol. The first-order valence-electron chi connectivity index (χ1n) is 9.91. The van der Waals surface area contributed by atoms with Gasteiger partial charge in [-0.05, 0) is 18.3 Å². The highest BCUT2D eigenvalue weighted by atomic mass is 16.5. The predicted octanol–water partition coefficient (Wildman–Crippen LogP) is 2.16. The lowest BCUT2D eigenvalue weighted by atomic mass is 10.1. The number of nitrogens with two attached hydrogens (primary N) is 1. The summed E-state index contributed by atoms with van der Waals surface area (Å²) < 4.78 is 6.73. The third kappa shape index (κ3) is 5.46. The Morgan fingerprint density at radius 3 is 2.54 bits per heavy atom. The van der Waals surface area contributed by atoms with Crippen LogP contribution in [0.1, 0.15) is 59.2 Å². The number of nitrogens with zero attached hydrogens (tertiary/aromatic N) is 4. The van der Waals surface area contributed by atoms with Crippen molar-refractivity contribution in [1.29, 1.82) is 0 Å². The molecule has 0 amide bonds. The Kier molecular flexibility index (Phi) is 7.42. The van der Waals surface area contributed by atoms with Gasteiger partial charge in [-0.1, -0.05) is 46.2 Å². The van der Waals surface area contributed by atoms with Gasteiger partial charge in [-0.25, -0.2) is 4.79 Å². The number of H-pyrrole nitrogens is 1. The van der Waals surface area contributed by atoms with E-state index in [2.05, 4.69) is 35.9 Å². The number of hydrogen-bond acceptors (Lipinski definition) is 7. The summed E-state index contributed by atoms with van der Waals surface area (Å²) >= 11 is 0. The molecular weight excluding hydrogens is 360 g/mol. The zero-order chi connectivity index (χ0) is 20.8. The van der Waals surface area contributed by atoms with Crippen molar-refractivity contribution in [2.45, 2.75) is 67.0 Å². The van der Waals surface area contributed by atoms with Gasteiger partial charge < -0.3 is 15.2 Å². The summed E-state index contributed by atoms with van der Waals surface area (Å²) in [6, 6.07) is 0. The fourth-order valence-electron chi connectivity index (χ4n) is 3.01. The molecule has 2 aromatic rings. The van der Waals surface area contributed by atoms with Crippen LogP contribution in [0.3, 0.4) is 0 Å². The summed E-state index contributed by atoms with van der Waals surface area (Å²) in [6.45, 7) is 11.5. The van der Waals surface area contributed by atoms with Gasteiger partial charge >= 0.3 is 5.69 Å². The number of aromatic amines is 1. The molecule has 0 saturated heterocycles. The van der Waals surface area contributed by atoms with E-state index >= 15 is 0 Å². The normalized spacial score (nSPS) is 11.5. The van der Waals surface area contributed by atoms with E-state index in [1.165, 1.54) is 4.57 Å². The fraction of sp³-hybridized carbons (Fsp3) is 0.684. The fourth-order valence-corrected chi connectivity index (χ4v) is 3.01. The number of hydrogen-bond donors (Lipinski definition) is 2. The summed E-state index contributed by atoms with van der Waals surface area (Å²) in [6.07, 6.45) is 2.51. The van der Waals surface area contributed by atoms with E-state index in [0.717, 1.165) is 12.8 Å². The summed E-state index contributed by atoms with van der Waals surface area (Å²) in [5.41, 5.74) is 5.56. The highest BCUT2D eigenvalue weighted by Gasteiger charge is 2.21. The number of aromatic nitrogens is 4. The minimum absolute atomic E-state index is 0.171. The van der Waals surface area contributed by atoms with Crippen LogP contribution in [0.5, 0.6) is 0 Å². The largest absolute Gasteiger partial charge is 0.383 e. The van der Waals surface area contributed by atoms with Crippen molar-refractivity contribution in [2.75, 3.05) is 17.2 Å². The zero-order valence-corrected chi connectivity index (χ0v) is 17.5. The van der Waals surface area contributed by atoms with Crippen molar-refractivity contribution in [2.24, 2.45) is 11.8 Å². The molecule has 2 rings (SSSR count). The summed E-state index contributed by atoms with van der Waals surface area (Å²) in [7, 11) is 0. The van der Waals surface area contributed by atoms with Crippen LogP contribution in [0.2, 0.25) is 0 Å². The van der Waals surface area contributed by atoms with Crippen molar-refractivity contribution >= 4 is 11.5 Å². The lowest BCUT2D eigenvalue weighted by Crippen LogP contribution is -2.39. The minimum Gasteiger partial charge on any atom is -0.383 e. The van der Waals surface area contributed by atoms with Crippen LogP contribution < -0.4 is 21.9 Å². The number of unbranched alkanes of at least 4 members (excludes halogenated alkanes) is 1. The molecule has 0 atom stereocenters. The Morgan fingerprint density at radius 1 is 1.21 bits per heavy atom. The van der Waals surface area contributed by atoms with E-state index in [4.69, 9.17) is 10.3 Å². The van der Waals surface area contributed by atoms with Crippen LogP contribution in [-0.4, -0.2) is 26.2 Å². The van der Waals surface area contributed by atoms with E-state index in [1.807, 2.05) is 18.7 Å². The molecule has 0 fully saturated rings. The van der Waals surface area contributed by atoms with Crippen LogP contribution in [0.25, 0.3) is 0 Å². The quantitative estimate of drug-likeness (QED) is 0.635. The molecule has 0 spiro atoms. The Bertz CT molecular complexity index is 881. The SMILES string of the molecule is CCCCN(Cc1noc(CC(C)C)n1)c1c(N)n(CC(C)C)c(=O)[nH]c1=O. The first-order chi connectivity index (χ1) is 13.2. The smallest absolute Gasteiger partial charge is 0.330 e. The third-order valence-corrected chi connectivity index (χ3v) is 4.28. The van der Waals surface area contributed by atoms with Gasteiger partial charge in [0, 0.05) is 19.5 Å². The monoisotopic (exact) mass is 392 g/mol. The molecule has 2 aromatic heterocycles. The van der Waals surface area contributed by atoms with E-state index < -0.39 is 11.2 Å². The number of rotatable bonds is 10. The molecule has 0 aliphatic carbocycles. The summed E-state index contributed by atoms with van der Waals surface area (Å²) in [5.74, 6) is 1.85. The first kappa shape index (κ1) is 21.7. The average molecular weight is 393 g/mol. The highest BCUT2D eigenvalue weighted by molar-refractivity contribution is 5.62. The van der Waals surface area contributed by atoms with Crippen molar-refractivity contribution in [3.8, 4) is 0 Å². The molecule has 0 saturated carbocycles. The standard InChI is InChI=1S/C19H32N6O3/c1-6-7-8-24(11-14-21-15(28-23-14)9-12(2)3)16-17(20)25(10-13(4)5)19(27)22-18(16)26/h12-13H,6-11,20H2,1-5H3,(H,22,26,27). The van der Waals surface area contributed by atoms with Crippen LogP contribution >= 0.6 is 0 Å². The molecule has 0 aliphatic heterocycles. The van der Waals surface area contributed by atoms with Gasteiger partial charge in [0.15, 0.2) is 5.82 Å². The van der Waals surface area contributed by atoms with Crippen LogP contribution in [0.15, 0.2) is 14.1 Å². The van der Waals surface area contributed by atoms with E-state index in [9.17, 15) is 9.59 Å². The minimum atomic E-state index is -0.496. The van der Waals surface area contributed by atoms with Crippen molar-refractivity contribution < 1.29 is 4.52 Å². The molecule has 0 bridgehead atoms. The van der Waals surface area contributed by atoms with Crippen molar-refractivity contribution in [3.63, 3.8) is 0 Å². The number of nitrogen functional groups attached to an aromatic ring is 1. The molecule has 28 heavy (non-hydrogen) atoms. The molecule has 3 N–H and O–H groups in total. The highest BCUT2D eigenvalue weighted by Crippen LogP contribution is 2.20. The number of nitrogens with one attached hydrogen (secondary N) is 1. The molecule has 9 nitrogen and oxygen atoms in total. The Balaban J connectivity index is 2.41. The van der Waals surface area contributed by atoms with Gasteiger partial charge in [-0.3, -0.25) is 14.3 Å². The molecule has 156 valence electrons. The maximum atomic E-state index is 12.6. The zero-order valence-electron chi connectivity index (χ0n) is 17.5. The molecule has 9 heteroatoms. The Labute approximate surface area is 164 Å². The molecular formula is C19H32N6O3. The van der Waals surface area contributed by atoms with Crippen LogP contribution in [0.4, 0.5) is 11.5 Å². The lowest BCUT2D eigenvalue weighted by molar-refractivity contribution is 0.358. The first-order valence-corrected chi connectivity index (χ1v) is 9.91. The summed E-state index contributed by atoms with van der Waals surface area (Å²) in [5, 5.41) is 4.04. The van der Waals surface area contributed by atoms with Gasteiger partial charge in [0.2, 0.25) is 5.89 Å². The molecule has 0 radical (unpaired) electrons. The summed E-state index contributed by atoms with van der Waals surface area (Å²) in [4.78, 5) is 33.5. The van der Waals surface area contributed by atoms with E-state index in [0.29, 0.717) is 37.1 Å². The lowest BCUT2D eigenvalue weighted by Gasteiger charge is -2.25. The van der Waals surface area contributed by atoms with Gasteiger partial charge in [0.25, 0.3) is 5.56 Å². The topological polar surface area (TPSA) is 123 Å². The molecule has 2 heterocycles. The van der Waals surface area contributed by atoms with Gasteiger partial charge in [-0.15, -0.1) is 0 Å². The van der Waals surface area contributed by atoms with Crippen LogP contribution in [-0.2, 0) is 19.5 Å². The Morgan fingerprint density at radius 2 is 1.93 bits per heavy atom.